The molecule has 0 unspecified atom stereocenters. The van der Waals surface area contributed by atoms with E-state index in [1.807, 2.05) is 18.2 Å². The summed E-state index contributed by atoms with van der Waals surface area (Å²) in [4.78, 5) is 6.89. The van der Waals surface area contributed by atoms with E-state index in [2.05, 4.69) is 58.8 Å². The van der Waals surface area contributed by atoms with Gasteiger partial charge in [0, 0.05) is 31.7 Å². The second kappa shape index (κ2) is 7.87. The van der Waals surface area contributed by atoms with Crippen molar-refractivity contribution in [3.8, 4) is 0 Å². The summed E-state index contributed by atoms with van der Waals surface area (Å²) >= 11 is 3.39. The Kier molecular flexibility index (Phi) is 6.82. The van der Waals surface area contributed by atoms with Crippen LogP contribution in [0.4, 0.5) is 0 Å². The summed E-state index contributed by atoms with van der Waals surface area (Å²) in [5.74, 6) is 0. The van der Waals surface area contributed by atoms with Gasteiger partial charge in [0.2, 0.25) is 0 Å². The van der Waals surface area contributed by atoms with Crippen molar-refractivity contribution in [1.82, 2.24) is 15.2 Å². The first-order valence-corrected chi connectivity index (χ1v) is 7.38. The van der Waals surface area contributed by atoms with E-state index < -0.39 is 0 Å². The predicted octanol–water partition coefficient (Wildman–Crippen LogP) is 3.05. The monoisotopic (exact) mass is 313 g/mol. The van der Waals surface area contributed by atoms with Gasteiger partial charge in [-0.2, -0.15) is 0 Å². The van der Waals surface area contributed by atoms with Gasteiger partial charge in [-0.3, -0.25) is 4.90 Å². The van der Waals surface area contributed by atoms with Crippen molar-refractivity contribution in [2.75, 3.05) is 13.1 Å². The summed E-state index contributed by atoms with van der Waals surface area (Å²) in [5, 5.41) is 3.44. The molecule has 0 aromatic carbocycles. The highest BCUT2D eigenvalue weighted by Crippen LogP contribution is 2.06. The molecular weight excluding hydrogens is 290 g/mol. The molecule has 0 bridgehead atoms. The van der Waals surface area contributed by atoms with E-state index in [0.717, 1.165) is 29.9 Å². The van der Waals surface area contributed by atoms with Crippen molar-refractivity contribution >= 4 is 15.9 Å². The summed E-state index contributed by atoms with van der Waals surface area (Å²) in [6.45, 7) is 11.9. The summed E-state index contributed by atoms with van der Waals surface area (Å²) < 4.78 is 0.896. The van der Waals surface area contributed by atoms with Crippen LogP contribution in [0.1, 0.15) is 33.4 Å². The standard InChI is InChI=1S/C14H24BrN3/c1-11(2)18(12(3)4)9-8-16-10-13-6-5-7-14(15)17-13/h5-7,11-12,16H,8-10H2,1-4H3. The van der Waals surface area contributed by atoms with Crippen LogP contribution in [-0.4, -0.2) is 35.1 Å². The van der Waals surface area contributed by atoms with Gasteiger partial charge in [0.05, 0.1) is 5.69 Å². The van der Waals surface area contributed by atoms with Crippen LogP contribution in [0.3, 0.4) is 0 Å². The maximum atomic E-state index is 4.40. The van der Waals surface area contributed by atoms with Crippen LogP contribution in [0, 0.1) is 0 Å². The van der Waals surface area contributed by atoms with Crippen molar-refractivity contribution in [3.63, 3.8) is 0 Å². The van der Waals surface area contributed by atoms with Gasteiger partial charge < -0.3 is 5.32 Å². The molecule has 1 heterocycles. The minimum Gasteiger partial charge on any atom is -0.310 e. The fraction of sp³-hybridized carbons (Fsp3) is 0.643. The molecule has 1 rings (SSSR count). The number of nitrogens with one attached hydrogen (secondary N) is 1. The molecule has 0 amide bonds. The van der Waals surface area contributed by atoms with E-state index in [4.69, 9.17) is 0 Å². The van der Waals surface area contributed by atoms with Crippen LogP contribution in [0.5, 0.6) is 0 Å². The van der Waals surface area contributed by atoms with Crippen LogP contribution in [0.25, 0.3) is 0 Å². The number of pyridine rings is 1. The van der Waals surface area contributed by atoms with E-state index in [1.165, 1.54) is 0 Å². The second-order valence-electron chi connectivity index (χ2n) is 5.05. The molecule has 3 nitrogen and oxygen atoms in total. The molecular formula is C14H24BrN3. The zero-order valence-corrected chi connectivity index (χ0v) is 13.4. The quantitative estimate of drug-likeness (QED) is 0.619. The van der Waals surface area contributed by atoms with E-state index in [9.17, 15) is 0 Å². The number of rotatable bonds is 7. The molecule has 0 spiro atoms. The van der Waals surface area contributed by atoms with Crippen LogP contribution < -0.4 is 5.32 Å². The molecule has 0 saturated carbocycles. The lowest BCUT2D eigenvalue weighted by Gasteiger charge is -2.30. The fourth-order valence-corrected chi connectivity index (χ4v) is 2.47. The average molecular weight is 314 g/mol. The van der Waals surface area contributed by atoms with Gasteiger partial charge in [0.15, 0.2) is 0 Å². The molecule has 0 aliphatic rings. The fourth-order valence-electron chi connectivity index (χ4n) is 2.09. The Labute approximate surface area is 119 Å². The van der Waals surface area contributed by atoms with E-state index >= 15 is 0 Å². The number of halogens is 1. The van der Waals surface area contributed by atoms with Gasteiger partial charge in [0.1, 0.15) is 4.60 Å². The van der Waals surface area contributed by atoms with Crippen LogP contribution >= 0.6 is 15.9 Å². The Bertz CT molecular complexity index is 345. The topological polar surface area (TPSA) is 28.2 Å². The molecule has 1 N–H and O–H groups in total. The summed E-state index contributed by atoms with van der Waals surface area (Å²) in [7, 11) is 0. The van der Waals surface area contributed by atoms with Gasteiger partial charge in [0.25, 0.3) is 0 Å². The minimum absolute atomic E-state index is 0.593. The third kappa shape index (κ3) is 5.46. The van der Waals surface area contributed by atoms with Gasteiger partial charge in [-0.25, -0.2) is 4.98 Å². The molecule has 0 saturated heterocycles. The van der Waals surface area contributed by atoms with Crippen LogP contribution in [0.15, 0.2) is 22.8 Å². The SMILES string of the molecule is CC(C)N(CCNCc1cccc(Br)n1)C(C)C. The number of hydrogen-bond acceptors (Lipinski definition) is 3. The molecule has 102 valence electrons. The number of nitrogens with zero attached hydrogens (tertiary/aromatic N) is 2. The first-order chi connectivity index (χ1) is 8.50. The largest absolute Gasteiger partial charge is 0.310 e. The lowest BCUT2D eigenvalue weighted by molar-refractivity contribution is 0.175. The molecule has 18 heavy (non-hydrogen) atoms. The first-order valence-electron chi connectivity index (χ1n) is 6.58. The maximum absolute atomic E-state index is 4.40. The van der Waals surface area contributed by atoms with Crippen LogP contribution in [0.2, 0.25) is 0 Å². The molecule has 0 atom stereocenters. The van der Waals surface area contributed by atoms with Gasteiger partial charge in [-0.05, 0) is 55.8 Å². The Hall–Kier alpha value is -0.450. The summed E-state index contributed by atoms with van der Waals surface area (Å²) in [6, 6.07) is 7.19. The molecule has 0 fully saturated rings. The number of hydrogen-bond donors (Lipinski definition) is 1. The van der Waals surface area contributed by atoms with E-state index in [0.29, 0.717) is 12.1 Å². The second-order valence-corrected chi connectivity index (χ2v) is 5.87. The molecule has 0 aliphatic carbocycles. The molecule has 1 aromatic heterocycles. The zero-order valence-electron chi connectivity index (χ0n) is 11.8. The van der Waals surface area contributed by atoms with Crippen molar-refractivity contribution in [1.29, 1.82) is 0 Å². The molecule has 4 heteroatoms. The van der Waals surface area contributed by atoms with Gasteiger partial charge in [-0.15, -0.1) is 0 Å². The summed E-state index contributed by atoms with van der Waals surface area (Å²) in [5.41, 5.74) is 1.07. The maximum Gasteiger partial charge on any atom is 0.106 e. The molecule has 0 radical (unpaired) electrons. The molecule has 0 aliphatic heterocycles. The Morgan fingerprint density at radius 3 is 2.44 bits per heavy atom. The van der Waals surface area contributed by atoms with Gasteiger partial charge >= 0.3 is 0 Å². The smallest absolute Gasteiger partial charge is 0.106 e. The average Bonchev–Trinajstić information content (AvgIpc) is 2.27. The lowest BCUT2D eigenvalue weighted by Crippen LogP contribution is -2.41. The normalized spacial score (nSPS) is 11.8. The van der Waals surface area contributed by atoms with Crippen molar-refractivity contribution < 1.29 is 0 Å². The predicted molar refractivity (Wildman–Crippen MR) is 80.6 cm³/mol. The number of aromatic nitrogens is 1. The van der Waals surface area contributed by atoms with Crippen LogP contribution in [-0.2, 0) is 6.54 Å². The van der Waals surface area contributed by atoms with E-state index in [1.54, 1.807) is 0 Å². The Balaban J connectivity index is 2.30. The van der Waals surface area contributed by atoms with Crippen molar-refractivity contribution in [2.45, 2.75) is 46.3 Å². The first kappa shape index (κ1) is 15.6. The third-order valence-corrected chi connectivity index (χ3v) is 3.39. The summed E-state index contributed by atoms with van der Waals surface area (Å²) in [6.07, 6.45) is 0. The third-order valence-electron chi connectivity index (χ3n) is 2.95. The minimum atomic E-state index is 0.593. The van der Waals surface area contributed by atoms with Gasteiger partial charge in [-0.1, -0.05) is 6.07 Å². The Morgan fingerprint density at radius 1 is 1.22 bits per heavy atom. The lowest BCUT2D eigenvalue weighted by atomic mass is 10.2. The zero-order chi connectivity index (χ0) is 13.5. The highest BCUT2D eigenvalue weighted by Gasteiger charge is 2.11. The van der Waals surface area contributed by atoms with E-state index in [-0.39, 0.29) is 0 Å². The van der Waals surface area contributed by atoms with Crippen molar-refractivity contribution in [3.05, 3.63) is 28.5 Å². The Morgan fingerprint density at radius 2 is 1.89 bits per heavy atom. The highest BCUT2D eigenvalue weighted by atomic mass is 79.9. The highest BCUT2D eigenvalue weighted by molar-refractivity contribution is 9.10. The molecule has 1 aromatic rings. The van der Waals surface area contributed by atoms with Crippen molar-refractivity contribution in [2.24, 2.45) is 0 Å².